The first kappa shape index (κ1) is 16.3. The SMILES string of the molecule is O=S(=O)(Nc1ccccn1)c1cccc2c(C(F)(F)F)cccc12. The zero-order chi connectivity index (χ0) is 17.4. The lowest BCUT2D eigenvalue weighted by molar-refractivity contribution is -0.136. The van der Waals surface area contributed by atoms with Crippen molar-refractivity contribution < 1.29 is 21.6 Å². The first-order valence-electron chi connectivity index (χ1n) is 6.82. The fraction of sp³-hybridized carbons (Fsp3) is 0.0625. The largest absolute Gasteiger partial charge is 0.417 e. The molecule has 0 unspecified atom stereocenters. The van der Waals surface area contributed by atoms with Crippen molar-refractivity contribution in [2.75, 3.05) is 4.72 Å². The van der Waals surface area contributed by atoms with Gasteiger partial charge in [0, 0.05) is 11.6 Å². The van der Waals surface area contributed by atoms with E-state index < -0.39 is 21.8 Å². The summed E-state index contributed by atoms with van der Waals surface area (Å²) < 4.78 is 66.7. The van der Waals surface area contributed by atoms with Crippen LogP contribution in [-0.2, 0) is 16.2 Å². The van der Waals surface area contributed by atoms with E-state index in [9.17, 15) is 21.6 Å². The molecule has 1 N–H and O–H groups in total. The summed E-state index contributed by atoms with van der Waals surface area (Å²) in [5, 5.41) is -0.176. The third kappa shape index (κ3) is 3.05. The van der Waals surface area contributed by atoms with Crippen LogP contribution in [0.2, 0.25) is 0 Å². The molecule has 8 heteroatoms. The second kappa shape index (κ2) is 5.79. The molecule has 3 aromatic rings. The molecule has 124 valence electrons. The lowest BCUT2D eigenvalue weighted by atomic mass is 10.0. The number of hydrogen-bond acceptors (Lipinski definition) is 3. The number of fused-ring (bicyclic) bond motifs is 1. The molecule has 24 heavy (non-hydrogen) atoms. The summed E-state index contributed by atoms with van der Waals surface area (Å²) in [6.07, 6.45) is -3.17. The molecule has 2 aromatic carbocycles. The van der Waals surface area contributed by atoms with Gasteiger partial charge in [-0.1, -0.05) is 30.3 Å². The van der Waals surface area contributed by atoms with Crippen LogP contribution in [-0.4, -0.2) is 13.4 Å². The summed E-state index contributed by atoms with van der Waals surface area (Å²) in [6.45, 7) is 0. The molecule has 0 bridgehead atoms. The Bertz CT molecular complexity index is 987. The summed E-state index contributed by atoms with van der Waals surface area (Å²) >= 11 is 0. The smallest absolute Gasteiger partial charge is 0.263 e. The maximum Gasteiger partial charge on any atom is 0.417 e. The van der Waals surface area contributed by atoms with Crippen LogP contribution >= 0.6 is 0 Å². The molecule has 0 spiro atoms. The Morgan fingerprint density at radius 1 is 0.875 bits per heavy atom. The molecule has 1 heterocycles. The minimum atomic E-state index is -4.57. The number of halogens is 3. The maximum atomic E-state index is 13.1. The van der Waals surface area contributed by atoms with Gasteiger partial charge in [0.05, 0.1) is 10.5 Å². The van der Waals surface area contributed by atoms with E-state index in [-0.39, 0.29) is 21.5 Å². The average Bonchev–Trinajstić information content (AvgIpc) is 2.53. The second-order valence-corrected chi connectivity index (χ2v) is 6.63. The van der Waals surface area contributed by atoms with Crippen LogP contribution in [0.3, 0.4) is 0 Å². The third-order valence-electron chi connectivity index (χ3n) is 3.38. The second-order valence-electron chi connectivity index (χ2n) is 4.98. The third-order valence-corrected chi connectivity index (χ3v) is 4.79. The Morgan fingerprint density at radius 2 is 1.58 bits per heavy atom. The molecule has 4 nitrogen and oxygen atoms in total. The Balaban J connectivity index is 2.17. The molecule has 0 amide bonds. The highest BCUT2D eigenvalue weighted by Crippen LogP contribution is 2.36. The fourth-order valence-corrected chi connectivity index (χ4v) is 3.61. The molecule has 0 fully saturated rings. The van der Waals surface area contributed by atoms with Crippen LogP contribution in [0.15, 0.2) is 65.7 Å². The van der Waals surface area contributed by atoms with Gasteiger partial charge in [-0.05, 0) is 29.7 Å². The molecule has 0 radical (unpaired) electrons. The minimum Gasteiger partial charge on any atom is -0.263 e. The molecule has 3 rings (SSSR count). The van der Waals surface area contributed by atoms with E-state index in [1.54, 1.807) is 12.1 Å². The Labute approximate surface area is 136 Å². The molecule has 1 aromatic heterocycles. The number of hydrogen-bond donors (Lipinski definition) is 1. The van der Waals surface area contributed by atoms with Crippen LogP contribution in [0.4, 0.5) is 19.0 Å². The van der Waals surface area contributed by atoms with E-state index in [1.165, 1.54) is 42.6 Å². The van der Waals surface area contributed by atoms with Gasteiger partial charge < -0.3 is 0 Å². The molecule has 0 atom stereocenters. The van der Waals surface area contributed by atoms with Crippen LogP contribution in [0.25, 0.3) is 10.8 Å². The molecule has 0 saturated carbocycles. The molecular formula is C16H11F3N2O2S. The van der Waals surface area contributed by atoms with Gasteiger partial charge in [0.1, 0.15) is 5.82 Å². The summed E-state index contributed by atoms with van der Waals surface area (Å²) in [5.41, 5.74) is -0.880. The highest BCUT2D eigenvalue weighted by atomic mass is 32.2. The highest BCUT2D eigenvalue weighted by molar-refractivity contribution is 7.93. The first-order valence-corrected chi connectivity index (χ1v) is 8.30. The van der Waals surface area contributed by atoms with Crippen LogP contribution < -0.4 is 4.72 Å². The van der Waals surface area contributed by atoms with Gasteiger partial charge in [-0.2, -0.15) is 13.2 Å². The van der Waals surface area contributed by atoms with Crippen molar-refractivity contribution in [1.29, 1.82) is 0 Å². The maximum absolute atomic E-state index is 13.1. The quantitative estimate of drug-likeness (QED) is 0.773. The van der Waals surface area contributed by atoms with E-state index in [2.05, 4.69) is 9.71 Å². The molecule has 0 aliphatic heterocycles. The Morgan fingerprint density at radius 3 is 2.25 bits per heavy atom. The van der Waals surface area contributed by atoms with Gasteiger partial charge in [0.15, 0.2) is 0 Å². The normalized spacial score (nSPS) is 12.3. The van der Waals surface area contributed by atoms with E-state index in [0.717, 1.165) is 6.07 Å². The zero-order valence-electron chi connectivity index (χ0n) is 12.1. The number of anilines is 1. The molecule has 0 saturated heterocycles. The van der Waals surface area contributed by atoms with Crippen LogP contribution in [0.1, 0.15) is 5.56 Å². The number of nitrogens with zero attached hydrogens (tertiary/aromatic N) is 1. The highest BCUT2D eigenvalue weighted by Gasteiger charge is 2.33. The minimum absolute atomic E-state index is 0.00393. The summed E-state index contributed by atoms with van der Waals surface area (Å²) in [5.74, 6) is 0.0847. The van der Waals surface area contributed by atoms with Crippen molar-refractivity contribution in [3.05, 3.63) is 66.4 Å². The van der Waals surface area contributed by atoms with Crippen molar-refractivity contribution in [1.82, 2.24) is 4.98 Å². The van der Waals surface area contributed by atoms with Gasteiger partial charge in [0.25, 0.3) is 10.0 Å². The van der Waals surface area contributed by atoms with E-state index in [4.69, 9.17) is 0 Å². The number of pyridine rings is 1. The van der Waals surface area contributed by atoms with Gasteiger partial charge in [-0.15, -0.1) is 0 Å². The summed E-state index contributed by atoms with van der Waals surface area (Å²) in [6, 6.07) is 11.9. The summed E-state index contributed by atoms with van der Waals surface area (Å²) in [7, 11) is -4.08. The van der Waals surface area contributed by atoms with Gasteiger partial charge in [-0.25, -0.2) is 13.4 Å². The topological polar surface area (TPSA) is 59.1 Å². The van der Waals surface area contributed by atoms with Crippen molar-refractivity contribution in [2.45, 2.75) is 11.1 Å². The predicted molar refractivity (Wildman–Crippen MR) is 84.0 cm³/mol. The van der Waals surface area contributed by atoms with Crippen molar-refractivity contribution in [3.63, 3.8) is 0 Å². The standard InChI is InChI=1S/C16H11F3N2O2S/c17-16(18,19)13-7-3-6-12-11(13)5-4-8-14(12)24(22,23)21-15-9-1-2-10-20-15/h1-10H,(H,20,21). The monoisotopic (exact) mass is 352 g/mol. The Kier molecular flexibility index (Phi) is 3.92. The number of alkyl halides is 3. The average molecular weight is 352 g/mol. The zero-order valence-corrected chi connectivity index (χ0v) is 12.9. The van der Waals surface area contributed by atoms with Crippen LogP contribution in [0.5, 0.6) is 0 Å². The van der Waals surface area contributed by atoms with E-state index >= 15 is 0 Å². The number of sulfonamides is 1. The lowest BCUT2D eigenvalue weighted by Gasteiger charge is -2.13. The molecule has 0 aliphatic rings. The van der Waals surface area contributed by atoms with Crippen molar-refractivity contribution >= 4 is 26.6 Å². The number of benzene rings is 2. The number of rotatable bonds is 3. The molecule has 0 aliphatic carbocycles. The predicted octanol–water partition coefficient (Wildman–Crippen LogP) is 4.05. The molecular weight excluding hydrogens is 341 g/mol. The van der Waals surface area contributed by atoms with E-state index in [0.29, 0.717) is 0 Å². The van der Waals surface area contributed by atoms with Gasteiger partial charge in [-0.3, -0.25) is 4.72 Å². The number of nitrogens with one attached hydrogen (secondary N) is 1. The summed E-state index contributed by atoms with van der Waals surface area (Å²) in [4.78, 5) is 3.62. The van der Waals surface area contributed by atoms with Crippen molar-refractivity contribution in [2.24, 2.45) is 0 Å². The van der Waals surface area contributed by atoms with Gasteiger partial charge in [0.2, 0.25) is 0 Å². The Hall–Kier alpha value is -2.61. The fourth-order valence-electron chi connectivity index (χ4n) is 2.38. The van der Waals surface area contributed by atoms with Crippen molar-refractivity contribution in [3.8, 4) is 0 Å². The van der Waals surface area contributed by atoms with Crippen LogP contribution in [0, 0.1) is 0 Å². The van der Waals surface area contributed by atoms with Gasteiger partial charge >= 0.3 is 6.18 Å². The number of aromatic nitrogens is 1. The first-order chi connectivity index (χ1) is 11.3. The van der Waals surface area contributed by atoms with E-state index in [1.807, 2.05) is 0 Å². The lowest BCUT2D eigenvalue weighted by Crippen LogP contribution is -2.14.